The van der Waals surface area contributed by atoms with E-state index >= 15 is 0 Å². The minimum atomic E-state index is -0.169. The molecule has 0 aliphatic carbocycles. The van der Waals surface area contributed by atoms with Crippen molar-refractivity contribution in [1.29, 1.82) is 0 Å². The molecular weight excluding hydrogens is 242 g/mol. The second kappa shape index (κ2) is 5.62. The molecule has 3 N–H and O–H groups in total. The van der Waals surface area contributed by atoms with Gasteiger partial charge in [-0.05, 0) is 32.0 Å². The monoisotopic (exact) mass is 259 g/mol. The summed E-state index contributed by atoms with van der Waals surface area (Å²) in [6, 6.07) is 5.48. The average Bonchev–Trinajstić information content (AvgIpc) is 2.75. The summed E-state index contributed by atoms with van der Waals surface area (Å²) >= 11 is 0. The molecule has 0 atom stereocenters. The van der Waals surface area contributed by atoms with Gasteiger partial charge in [0.05, 0.1) is 11.3 Å². The van der Waals surface area contributed by atoms with Gasteiger partial charge < -0.3 is 11.1 Å². The maximum Gasteiger partial charge on any atom is 0.252 e. The van der Waals surface area contributed by atoms with Crippen LogP contribution in [0.4, 0.5) is 0 Å². The topological polar surface area (TPSA) is 85.8 Å². The van der Waals surface area contributed by atoms with Crippen molar-refractivity contribution in [3.8, 4) is 5.82 Å². The minimum Gasteiger partial charge on any atom is -0.351 e. The third-order valence-corrected chi connectivity index (χ3v) is 2.67. The summed E-state index contributed by atoms with van der Waals surface area (Å²) in [5.74, 6) is 0.527. The zero-order valence-corrected chi connectivity index (χ0v) is 11.1. The zero-order chi connectivity index (χ0) is 13.8. The molecule has 19 heavy (non-hydrogen) atoms. The largest absolute Gasteiger partial charge is 0.351 e. The molecule has 0 aliphatic rings. The molecule has 2 heterocycles. The van der Waals surface area contributed by atoms with E-state index in [2.05, 4.69) is 15.4 Å². The molecule has 2 aromatic rings. The Kier molecular flexibility index (Phi) is 3.91. The average molecular weight is 259 g/mol. The molecule has 0 radical (unpaired) electrons. The summed E-state index contributed by atoms with van der Waals surface area (Å²) < 4.78 is 1.75. The third-order valence-electron chi connectivity index (χ3n) is 2.67. The molecule has 0 spiro atoms. The Morgan fingerprint density at radius 3 is 2.74 bits per heavy atom. The molecule has 0 fully saturated rings. The van der Waals surface area contributed by atoms with Crippen LogP contribution < -0.4 is 11.1 Å². The van der Waals surface area contributed by atoms with Crippen LogP contribution in [0.15, 0.2) is 24.4 Å². The molecule has 0 saturated heterocycles. The van der Waals surface area contributed by atoms with Crippen LogP contribution in [0.5, 0.6) is 0 Å². The quantitative estimate of drug-likeness (QED) is 0.840. The lowest BCUT2D eigenvalue weighted by atomic mass is 10.2. The lowest BCUT2D eigenvalue weighted by Gasteiger charge is -2.05. The molecule has 6 heteroatoms. The summed E-state index contributed by atoms with van der Waals surface area (Å²) in [5, 5.41) is 7.04. The standard InChI is InChI=1S/C13H17N5O/c1-9-7-10(2)18(17-9)12-4-3-11(8-16-12)13(19)15-6-5-14/h3-4,7-8H,5-6,14H2,1-2H3,(H,15,19). The van der Waals surface area contributed by atoms with E-state index in [-0.39, 0.29) is 5.91 Å². The maximum atomic E-state index is 11.7. The van der Waals surface area contributed by atoms with Gasteiger partial charge in [0.15, 0.2) is 5.82 Å². The van der Waals surface area contributed by atoms with Gasteiger partial charge in [0.1, 0.15) is 0 Å². The van der Waals surface area contributed by atoms with Crippen molar-refractivity contribution in [2.75, 3.05) is 13.1 Å². The molecule has 0 aromatic carbocycles. The van der Waals surface area contributed by atoms with Crippen molar-refractivity contribution in [2.45, 2.75) is 13.8 Å². The van der Waals surface area contributed by atoms with Crippen LogP contribution >= 0.6 is 0 Å². The van der Waals surface area contributed by atoms with Gasteiger partial charge in [-0.2, -0.15) is 5.10 Å². The molecule has 1 amide bonds. The SMILES string of the molecule is Cc1cc(C)n(-c2ccc(C(=O)NCCN)cn2)n1. The molecule has 0 bridgehead atoms. The molecule has 2 aromatic heterocycles. The smallest absolute Gasteiger partial charge is 0.252 e. The van der Waals surface area contributed by atoms with Gasteiger partial charge in [-0.3, -0.25) is 4.79 Å². The summed E-state index contributed by atoms with van der Waals surface area (Å²) in [6.07, 6.45) is 1.54. The van der Waals surface area contributed by atoms with Crippen LogP contribution in [-0.4, -0.2) is 33.8 Å². The van der Waals surface area contributed by atoms with E-state index in [1.165, 1.54) is 6.20 Å². The van der Waals surface area contributed by atoms with Crippen molar-refractivity contribution < 1.29 is 4.79 Å². The highest BCUT2D eigenvalue weighted by atomic mass is 16.1. The van der Waals surface area contributed by atoms with Crippen molar-refractivity contribution in [3.05, 3.63) is 41.3 Å². The first-order chi connectivity index (χ1) is 9.11. The summed E-state index contributed by atoms with van der Waals surface area (Å²) in [4.78, 5) is 16.0. The number of carbonyl (C=O) groups is 1. The second-order valence-electron chi connectivity index (χ2n) is 4.29. The van der Waals surface area contributed by atoms with Crippen LogP contribution in [0.3, 0.4) is 0 Å². The summed E-state index contributed by atoms with van der Waals surface area (Å²) in [7, 11) is 0. The van der Waals surface area contributed by atoms with Gasteiger partial charge in [-0.1, -0.05) is 0 Å². The first-order valence-corrected chi connectivity index (χ1v) is 6.10. The number of aryl methyl sites for hydroxylation is 2. The Bertz CT molecular complexity index is 573. The number of carbonyl (C=O) groups excluding carboxylic acids is 1. The van der Waals surface area contributed by atoms with Gasteiger partial charge in [0, 0.05) is 25.0 Å². The van der Waals surface area contributed by atoms with Crippen molar-refractivity contribution in [3.63, 3.8) is 0 Å². The third kappa shape index (κ3) is 2.97. The number of amides is 1. The normalized spacial score (nSPS) is 10.5. The number of hydrogen-bond acceptors (Lipinski definition) is 4. The van der Waals surface area contributed by atoms with E-state index in [0.29, 0.717) is 24.5 Å². The van der Waals surface area contributed by atoms with Crippen molar-refractivity contribution >= 4 is 5.91 Å². The minimum absolute atomic E-state index is 0.169. The molecule has 100 valence electrons. The lowest BCUT2D eigenvalue weighted by Crippen LogP contribution is -2.29. The number of aromatic nitrogens is 3. The predicted octanol–water partition coefficient (Wildman–Crippen LogP) is 0.573. The second-order valence-corrected chi connectivity index (χ2v) is 4.29. The number of nitrogens with one attached hydrogen (secondary N) is 1. The van der Waals surface area contributed by atoms with E-state index in [1.54, 1.807) is 16.8 Å². The number of nitrogens with zero attached hydrogens (tertiary/aromatic N) is 3. The molecular formula is C13H17N5O. The van der Waals surface area contributed by atoms with Crippen LogP contribution in [0.2, 0.25) is 0 Å². The van der Waals surface area contributed by atoms with Crippen LogP contribution in [0, 0.1) is 13.8 Å². The van der Waals surface area contributed by atoms with E-state index in [9.17, 15) is 4.79 Å². The number of pyridine rings is 1. The van der Waals surface area contributed by atoms with E-state index in [4.69, 9.17) is 5.73 Å². The van der Waals surface area contributed by atoms with Crippen LogP contribution in [0.25, 0.3) is 5.82 Å². The Hall–Kier alpha value is -2.21. The number of hydrogen-bond donors (Lipinski definition) is 2. The van der Waals surface area contributed by atoms with E-state index < -0.39 is 0 Å². The van der Waals surface area contributed by atoms with Gasteiger partial charge >= 0.3 is 0 Å². The molecule has 6 nitrogen and oxygen atoms in total. The van der Waals surface area contributed by atoms with E-state index in [1.807, 2.05) is 19.9 Å². The van der Waals surface area contributed by atoms with Crippen molar-refractivity contribution in [1.82, 2.24) is 20.1 Å². The zero-order valence-electron chi connectivity index (χ0n) is 11.1. The Labute approximate surface area is 111 Å². The fourth-order valence-electron chi connectivity index (χ4n) is 1.79. The predicted molar refractivity (Wildman–Crippen MR) is 72.2 cm³/mol. The summed E-state index contributed by atoms with van der Waals surface area (Å²) in [5.41, 5.74) is 7.78. The Morgan fingerprint density at radius 1 is 1.42 bits per heavy atom. The molecule has 0 aliphatic heterocycles. The highest BCUT2D eigenvalue weighted by molar-refractivity contribution is 5.93. The Balaban J connectivity index is 2.19. The molecule has 2 rings (SSSR count). The van der Waals surface area contributed by atoms with Crippen LogP contribution in [0.1, 0.15) is 21.7 Å². The van der Waals surface area contributed by atoms with E-state index in [0.717, 1.165) is 11.4 Å². The fourth-order valence-corrected chi connectivity index (χ4v) is 1.79. The fraction of sp³-hybridized carbons (Fsp3) is 0.308. The number of nitrogens with two attached hydrogens (primary N) is 1. The Morgan fingerprint density at radius 2 is 2.21 bits per heavy atom. The summed E-state index contributed by atoms with van der Waals surface area (Å²) in [6.45, 7) is 4.77. The number of rotatable bonds is 4. The molecule has 0 unspecified atom stereocenters. The maximum absolute atomic E-state index is 11.7. The highest BCUT2D eigenvalue weighted by Gasteiger charge is 2.08. The van der Waals surface area contributed by atoms with Crippen LogP contribution in [-0.2, 0) is 0 Å². The van der Waals surface area contributed by atoms with Gasteiger partial charge in [-0.15, -0.1) is 0 Å². The first-order valence-electron chi connectivity index (χ1n) is 6.10. The van der Waals surface area contributed by atoms with Gasteiger partial charge in [0.2, 0.25) is 0 Å². The van der Waals surface area contributed by atoms with Crippen molar-refractivity contribution in [2.24, 2.45) is 5.73 Å². The molecule has 0 saturated carbocycles. The lowest BCUT2D eigenvalue weighted by molar-refractivity contribution is 0.0954. The van der Waals surface area contributed by atoms with Gasteiger partial charge in [0.25, 0.3) is 5.91 Å². The van der Waals surface area contributed by atoms with Gasteiger partial charge in [-0.25, -0.2) is 9.67 Å². The highest BCUT2D eigenvalue weighted by Crippen LogP contribution is 2.10. The first kappa shape index (κ1) is 13.2.